The zero-order valence-electron chi connectivity index (χ0n) is 19.1. The summed E-state index contributed by atoms with van der Waals surface area (Å²) < 4.78 is 11.1. The number of primary amides is 1. The van der Waals surface area contributed by atoms with Crippen LogP contribution in [0.25, 0.3) is 22.0 Å². The van der Waals surface area contributed by atoms with E-state index < -0.39 is 11.9 Å². The molecule has 4 N–H and O–H groups in total. The first kappa shape index (κ1) is 23.4. The van der Waals surface area contributed by atoms with Gasteiger partial charge in [-0.25, -0.2) is 9.78 Å². The van der Waals surface area contributed by atoms with Crippen molar-refractivity contribution in [1.82, 2.24) is 15.0 Å². The number of rotatable bonds is 9. The standard InChI is InChI=1S/C25H23N5O5/c1-3-34-23-18(12-28-25(30-23)35-4-2)14-8-9-17-20(11-14)27-13-19(22(26)31)21(17)29-16-7-5-6-15(10-16)24(32)33/h5-13H,3-4H2,1-2H3,(H2,26,31)(H,27,29)(H,32,33). The molecule has 2 aromatic carbocycles. The highest BCUT2D eigenvalue weighted by molar-refractivity contribution is 6.08. The van der Waals surface area contributed by atoms with Gasteiger partial charge in [0.15, 0.2) is 0 Å². The highest BCUT2D eigenvalue weighted by Crippen LogP contribution is 2.35. The average Bonchev–Trinajstić information content (AvgIpc) is 2.84. The van der Waals surface area contributed by atoms with E-state index in [2.05, 4.69) is 20.3 Å². The number of fused-ring (bicyclic) bond motifs is 1. The van der Waals surface area contributed by atoms with Crippen LogP contribution in [0.15, 0.2) is 54.9 Å². The van der Waals surface area contributed by atoms with E-state index in [9.17, 15) is 14.7 Å². The van der Waals surface area contributed by atoms with E-state index in [0.717, 1.165) is 5.56 Å². The van der Waals surface area contributed by atoms with Gasteiger partial charge in [-0.3, -0.25) is 9.78 Å². The number of hydrogen-bond donors (Lipinski definition) is 3. The predicted molar refractivity (Wildman–Crippen MR) is 130 cm³/mol. The van der Waals surface area contributed by atoms with E-state index in [1.807, 2.05) is 26.0 Å². The topological polar surface area (TPSA) is 150 Å². The Kier molecular flexibility index (Phi) is 6.72. The molecule has 0 aliphatic heterocycles. The monoisotopic (exact) mass is 473 g/mol. The van der Waals surface area contributed by atoms with E-state index >= 15 is 0 Å². The molecule has 0 saturated carbocycles. The SMILES string of the molecule is CCOc1ncc(-c2ccc3c(Nc4cccc(C(=O)O)c4)c(C(N)=O)cnc3c2)c(OCC)n1. The van der Waals surface area contributed by atoms with E-state index in [-0.39, 0.29) is 17.1 Å². The van der Waals surface area contributed by atoms with Crippen LogP contribution >= 0.6 is 0 Å². The zero-order valence-corrected chi connectivity index (χ0v) is 19.1. The van der Waals surface area contributed by atoms with Gasteiger partial charge in [0.25, 0.3) is 5.91 Å². The number of carboxylic acids is 1. The van der Waals surface area contributed by atoms with Crippen molar-refractivity contribution in [1.29, 1.82) is 0 Å². The molecule has 0 aliphatic carbocycles. The molecule has 178 valence electrons. The Labute approximate surface area is 200 Å². The summed E-state index contributed by atoms with van der Waals surface area (Å²) in [6, 6.07) is 11.9. The van der Waals surface area contributed by atoms with Gasteiger partial charge in [-0.1, -0.05) is 18.2 Å². The fraction of sp³-hybridized carbons (Fsp3) is 0.160. The van der Waals surface area contributed by atoms with Crippen LogP contribution in [0.2, 0.25) is 0 Å². The Balaban J connectivity index is 1.81. The zero-order chi connectivity index (χ0) is 24.9. The lowest BCUT2D eigenvalue weighted by Crippen LogP contribution is -2.14. The van der Waals surface area contributed by atoms with Crippen molar-refractivity contribution in [3.63, 3.8) is 0 Å². The molecule has 10 heteroatoms. The third-order valence-corrected chi connectivity index (χ3v) is 5.11. The molecule has 0 spiro atoms. The molecule has 10 nitrogen and oxygen atoms in total. The summed E-state index contributed by atoms with van der Waals surface area (Å²) in [7, 11) is 0. The molecule has 4 aromatic rings. The number of nitrogens with zero attached hydrogens (tertiary/aromatic N) is 3. The molecule has 2 aromatic heterocycles. The molecule has 1 amide bonds. The first-order valence-corrected chi connectivity index (χ1v) is 10.9. The summed E-state index contributed by atoms with van der Waals surface area (Å²) >= 11 is 0. The molecule has 35 heavy (non-hydrogen) atoms. The Morgan fingerprint density at radius 1 is 1.03 bits per heavy atom. The molecule has 2 heterocycles. The van der Waals surface area contributed by atoms with Crippen LogP contribution in [-0.2, 0) is 0 Å². The quantitative estimate of drug-likeness (QED) is 0.327. The lowest BCUT2D eigenvalue weighted by molar-refractivity contribution is 0.0696. The average molecular weight is 473 g/mol. The van der Waals surface area contributed by atoms with E-state index in [1.54, 1.807) is 24.4 Å². The van der Waals surface area contributed by atoms with Crippen LogP contribution in [0.3, 0.4) is 0 Å². The molecule has 0 bridgehead atoms. The van der Waals surface area contributed by atoms with Crippen molar-refractivity contribution in [2.75, 3.05) is 18.5 Å². The Morgan fingerprint density at radius 2 is 1.83 bits per heavy atom. The van der Waals surface area contributed by atoms with Crippen molar-refractivity contribution >= 4 is 34.2 Å². The number of aromatic nitrogens is 3. The summed E-state index contributed by atoms with van der Waals surface area (Å²) in [4.78, 5) is 36.5. The minimum Gasteiger partial charge on any atom is -0.478 e. The lowest BCUT2D eigenvalue weighted by Gasteiger charge is -2.15. The minimum absolute atomic E-state index is 0.107. The lowest BCUT2D eigenvalue weighted by atomic mass is 10.0. The predicted octanol–water partition coefficient (Wildman–Crippen LogP) is 4.03. The number of hydrogen-bond acceptors (Lipinski definition) is 8. The van der Waals surface area contributed by atoms with Crippen molar-refractivity contribution < 1.29 is 24.2 Å². The van der Waals surface area contributed by atoms with E-state index in [0.29, 0.717) is 46.9 Å². The fourth-order valence-electron chi connectivity index (χ4n) is 3.55. The molecule has 4 rings (SSSR count). The summed E-state index contributed by atoms with van der Waals surface area (Å²) in [6.07, 6.45) is 3.01. The first-order chi connectivity index (χ1) is 16.9. The third-order valence-electron chi connectivity index (χ3n) is 5.11. The smallest absolute Gasteiger partial charge is 0.335 e. The number of carbonyl (C=O) groups is 2. The number of carbonyl (C=O) groups excluding carboxylic acids is 1. The number of anilines is 2. The van der Waals surface area contributed by atoms with Gasteiger partial charge in [0.1, 0.15) is 0 Å². The number of aromatic carboxylic acids is 1. The van der Waals surface area contributed by atoms with Crippen LogP contribution in [0.1, 0.15) is 34.6 Å². The van der Waals surface area contributed by atoms with Crippen molar-refractivity contribution in [2.45, 2.75) is 13.8 Å². The normalized spacial score (nSPS) is 10.7. The third kappa shape index (κ3) is 4.96. The van der Waals surface area contributed by atoms with Gasteiger partial charge in [0.05, 0.1) is 41.1 Å². The van der Waals surface area contributed by atoms with Gasteiger partial charge in [-0.05, 0) is 43.7 Å². The van der Waals surface area contributed by atoms with Crippen molar-refractivity contribution in [3.05, 3.63) is 66.0 Å². The maximum absolute atomic E-state index is 12.1. The van der Waals surface area contributed by atoms with E-state index in [1.165, 1.54) is 18.3 Å². The second kappa shape index (κ2) is 10.0. The van der Waals surface area contributed by atoms with Gasteiger partial charge in [-0.2, -0.15) is 4.98 Å². The van der Waals surface area contributed by atoms with Crippen LogP contribution in [0.5, 0.6) is 11.9 Å². The number of carboxylic acid groups (broad SMARTS) is 1. The Bertz CT molecular complexity index is 1420. The number of benzene rings is 2. The summed E-state index contributed by atoms with van der Waals surface area (Å²) in [6.45, 7) is 4.54. The maximum Gasteiger partial charge on any atom is 0.335 e. The molecule has 0 atom stereocenters. The Morgan fingerprint density at radius 3 is 2.54 bits per heavy atom. The van der Waals surface area contributed by atoms with Gasteiger partial charge >= 0.3 is 12.0 Å². The molecule has 0 radical (unpaired) electrons. The van der Waals surface area contributed by atoms with Crippen LogP contribution < -0.4 is 20.5 Å². The van der Waals surface area contributed by atoms with Gasteiger partial charge in [0, 0.05) is 23.5 Å². The molecule has 0 unspecified atom stereocenters. The van der Waals surface area contributed by atoms with Gasteiger partial charge in [-0.15, -0.1) is 0 Å². The van der Waals surface area contributed by atoms with Crippen molar-refractivity contribution in [3.8, 4) is 23.0 Å². The van der Waals surface area contributed by atoms with Crippen LogP contribution in [0.4, 0.5) is 11.4 Å². The second-order valence-corrected chi connectivity index (χ2v) is 7.39. The highest BCUT2D eigenvalue weighted by atomic mass is 16.5. The summed E-state index contributed by atoms with van der Waals surface area (Å²) in [5.74, 6) is -1.35. The first-order valence-electron chi connectivity index (χ1n) is 10.9. The molecule has 0 aliphatic rings. The largest absolute Gasteiger partial charge is 0.478 e. The molecule has 0 fully saturated rings. The highest BCUT2D eigenvalue weighted by Gasteiger charge is 2.17. The second-order valence-electron chi connectivity index (χ2n) is 7.39. The number of nitrogens with two attached hydrogens (primary N) is 1. The number of amides is 1. The van der Waals surface area contributed by atoms with Gasteiger partial charge in [0.2, 0.25) is 5.88 Å². The molecular formula is C25H23N5O5. The number of nitrogens with one attached hydrogen (secondary N) is 1. The van der Waals surface area contributed by atoms with Crippen molar-refractivity contribution in [2.24, 2.45) is 5.73 Å². The maximum atomic E-state index is 12.1. The summed E-state index contributed by atoms with van der Waals surface area (Å²) in [5.41, 5.74) is 8.76. The van der Waals surface area contributed by atoms with E-state index in [4.69, 9.17) is 15.2 Å². The Hall–Kier alpha value is -4.73. The minimum atomic E-state index is -1.06. The van der Waals surface area contributed by atoms with Crippen LogP contribution in [-0.4, -0.2) is 45.1 Å². The molecule has 0 saturated heterocycles. The number of pyridine rings is 1. The fourth-order valence-corrected chi connectivity index (χ4v) is 3.55. The van der Waals surface area contributed by atoms with Gasteiger partial charge < -0.3 is 25.6 Å². The summed E-state index contributed by atoms with van der Waals surface area (Å²) in [5, 5.41) is 13.1. The van der Waals surface area contributed by atoms with Crippen LogP contribution in [0, 0.1) is 0 Å². The molecular weight excluding hydrogens is 450 g/mol. The number of ether oxygens (including phenoxy) is 2.